The Bertz CT molecular complexity index is 942. The van der Waals surface area contributed by atoms with E-state index < -0.39 is 17.2 Å². The van der Waals surface area contributed by atoms with E-state index in [0.717, 1.165) is 24.1 Å². The van der Waals surface area contributed by atoms with Crippen molar-refractivity contribution in [2.24, 2.45) is 5.41 Å². The summed E-state index contributed by atoms with van der Waals surface area (Å²) >= 11 is 0. The van der Waals surface area contributed by atoms with Gasteiger partial charge in [-0.2, -0.15) is 5.10 Å². The average molecular weight is 387 g/mol. The molecule has 7 nitrogen and oxygen atoms in total. The predicted molar refractivity (Wildman–Crippen MR) is 98.0 cm³/mol. The summed E-state index contributed by atoms with van der Waals surface area (Å²) in [5.41, 5.74) is 1.22. The van der Waals surface area contributed by atoms with E-state index in [1.54, 1.807) is 18.2 Å². The molecule has 148 valence electrons. The van der Waals surface area contributed by atoms with E-state index in [2.05, 4.69) is 5.10 Å². The van der Waals surface area contributed by atoms with Crippen molar-refractivity contribution in [1.29, 1.82) is 0 Å². The summed E-state index contributed by atoms with van der Waals surface area (Å²) in [6.07, 6.45) is 2.65. The minimum absolute atomic E-state index is 0.0495. The van der Waals surface area contributed by atoms with E-state index in [-0.39, 0.29) is 19.1 Å². The molecule has 1 aromatic carbocycles. The maximum absolute atomic E-state index is 14.3. The molecule has 1 fully saturated rings. The molecule has 2 aromatic rings. The number of carbonyl (C=O) groups excluding carboxylic acids is 1. The first-order valence-corrected chi connectivity index (χ1v) is 9.34. The number of aliphatic carboxylic acids is 1. The maximum atomic E-state index is 14.3. The Labute approximate surface area is 161 Å². The highest BCUT2D eigenvalue weighted by atomic mass is 19.1. The summed E-state index contributed by atoms with van der Waals surface area (Å²) in [7, 11) is 1.46. The van der Waals surface area contributed by atoms with Crippen LogP contribution >= 0.6 is 0 Å². The van der Waals surface area contributed by atoms with Gasteiger partial charge in [0.15, 0.2) is 5.69 Å². The summed E-state index contributed by atoms with van der Waals surface area (Å²) < 4.78 is 20.9. The van der Waals surface area contributed by atoms with Crippen molar-refractivity contribution in [3.05, 3.63) is 47.0 Å². The molecule has 1 unspecified atom stereocenters. The first-order chi connectivity index (χ1) is 13.5. The fourth-order valence-corrected chi connectivity index (χ4v) is 4.26. The molecule has 2 aliphatic rings. The number of aromatic nitrogens is 2. The Balaban J connectivity index is 1.67. The van der Waals surface area contributed by atoms with Crippen molar-refractivity contribution in [3.63, 3.8) is 0 Å². The third kappa shape index (κ3) is 2.88. The Morgan fingerprint density at radius 2 is 2.11 bits per heavy atom. The van der Waals surface area contributed by atoms with E-state index in [0.29, 0.717) is 30.8 Å². The third-order valence-corrected chi connectivity index (χ3v) is 5.73. The molecule has 0 bridgehead atoms. The van der Waals surface area contributed by atoms with Crippen LogP contribution in [0.4, 0.5) is 4.39 Å². The minimum Gasteiger partial charge on any atom is -0.481 e. The fraction of sp³-hybridized carbons (Fsp3) is 0.450. The van der Waals surface area contributed by atoms with Crippen LogP contribution in [0.15, 0.2) is 24.3 Å². The molecule has 0 spiro atoms. The van der Waals surface area contributed by atoms with Crippen molar-refractivity contribution in [2.45, 2.75) is 25.7 Å². The lowest BCUT2D eigenvalue weighted by Gasteiger charge is -2.23. The topological polar surface area (TPSA) is 84.7 Å². The molecule has 1 aliphatic carbocycles. The second kappa shape index (κ2) is 7.01. The highest BCUT2D eigenvalue weighted by Crippen LogP contribution is 2.34. The number of benzene rings is 1. The molecule has 0 saturated carbocycles. The predicted octanol–water partition coefficient (Wildman–Crippen LogP) is 2.06. The van der Waals surface area contributed by atoms with Crippen molar-refractivity contribution < 1.29 is 23.8 Å². The number of likely N-dealkylation sites (tertiary alicyclic amines) is 1. The number of halogens is 1. The Morgan fingerprint density at radius 1 is 1.32 bits per heavy atom. The Kier molecular flexibility index (Phi) is 4.66. The largest absolute Gasteiger partial charge is 0.481 e. The monoisotopic (exact) mass is 387 g/mol. The SMILES string of the molecule is COCC1(C(=O)O)CCN(C(=O)c2nn(-c3ccccc3F)c3c2CCC3)C1. The number of amides is 1. The number of hydrogen-bond acceptors (Lipinski definition) is 4. The molecule has 1 aliphatic heterocycles. The number of hydrogen-bond donors (Lipinski definition) is 1. The van der Waals surface area contributed by atoms with Crippen LogP contribution in [-0.2, 0) is 22.4 Å². The lowest BCUT2D eigenvalue weighted by Crippen LogP contribution is -2.40. The fourth-order valence-electron chi connectivity index (χ4n) is 4.26. The number of fused-ring (bicyclic) bond motifs is 1. The summed E-state index contributed by atoms with van der Waals surface area (Å²) in [6, 6.07) is 6.35. The number of carboxylic acid groups (broad SMARTS) is 1. The van der Waals surface area contributed by atoms with E-state index >= 15 is 0 Å². The summed E-state index contributed by atoms with van der Waals surface area (Å²) in [4.78, 5) is 26.5. The summed E-state index contributed by atoms with van der Waals surface area (Å²) in [5, 5.41) is 14.1. The minimum atomic E-state index is -1.10. The molecule has 1 saturated heterocycles. The average Bonchev–Trinajstić information content (AvgIpc) is 3.37. The van der Waals surface area contributed by atoms with Gasteiger partial charge < -0.3 is 14.7 Å². The number of rotatable bonds is 5. The van der Waals surface area contributed by atoms with E-state index in [1.165, 1.54) is 22.8 Å². The maximum Gasteiger partial charge on any atom is 0.313 e. The van der Waals surface area contributed by atoms with E-state index in [1.807, 2.05) is 0 Å². The zero-order chi connectivity index (χ0) is 19.9. The number of nitrogens with zero attached hydrogens (tertiary/aromatic N) is 3. The van der Waals surface area contributed by atoms with Crippen molar-refractivity contribution in [2.75, 3.05) is 26.8 Å². The molecule has 1 aromatic heterocycles. The number of para-hydroxylation sites is 1. The Hall–Kier alpha value is -2.74. The van der Waals surface area contributed by atoms with Crippen LogP contribution in [-0.4, -0.2) is 58.5 Å². The van der Waals surface area contributed by atoms with Crippen molar-refractivity contribution >= 4 is 11.9 Å². The van der Waals surface area contributed by atoms with E-state index in [9.17, 15) is 19.1 Å². The van der Waals surface area contributed by atoms with Crippen LogP contribution in [0.5, 0.6) is 0 Å². The summed E-state index contributed by atoms with van der Waals surface area (Å²) in [6.45, 7) is 0.458. The van der Waals surface area contributed by atoms with Gasteiger partial charge in [-0.1, -0.05) is 12.1 Å². The summed E-state index contributed by atoms with van der Waals surface area (Å²) in [5.74, 6) is -1.66. The molecule has 4 rings (SSSR count). The van der Waals surface area contributed by atoms with Crippen molar-refractivity contribution in [3.8, 4) is 5.69 Å². The standard InChI is InChI=1S/C20H22FN3O4/c1-28-12-20(19(26)27)9-10-23(11-20)18(25)17-13-5-4-8-15(13)24(22-17)16-7-3-2-6-14(16)21/h2-3,6-7H,4-5,8-12H2,1H3,(H,26,27). The number of ether oxygens (including phenoxy) is 1. The second-order valence-corrected chi connectivity index (χ2v) is 7.49. The first kappa shape index (κ1) is 18.6. The van der Waals surface area contributed by atoms with Gasteiger partial charge in [0.2, 0.25) is 0 Å². The van der Waals surface area contributed by atoms with Gasteiger partial charge in [-0.3, -0.25) is 9.59 Å². The van der Waals surface area contributed by atoms with Gasteiger partial charge in [0, 0.05) is 31.5 Å². The van der Waals surface area contributed by atoms with Gasteiger partial charge in [0.05, 0.1) is 6.61 Å². The van der Waals surface area contributed by atoms with Gasteiger partial charge in [-0.25, -0.2) is 9.07 Å². The highest BCUT2D eigenvalue weighted by molar-refractivity contribution is 5.95. The normalized spacial score (nSPS) is 21.1. The number of carboxylic acids is 1. The van der Waals surface area contributed by atoms with Crippen LogP contribution in [0.1, 0.15) is 34.6 Å². The van der Waals surface area contributed by atoms with Crippen LogP contribution in [0.25, 0.3) is 5.69 Å². The number of methoxy groups -OCH3 is 1. The molecule has 28 heavy (non-hydrogen) atoms. The lowest BCUT2D eigenvalue weighted by atomic mass is 9.88. The van der Waals surface area contributed by atoms with Crippen molar-refractivity contribution in [1.82, 2.24) is 14.7 Å². The molecule has 8 heteroatoms. The van der Waals surface area contributed by atoms with Gasteiger partial charge in [0.1, 0.15) is 16.9 Å². The van der Waals surface area contributed by atoms with Gasteiger partial charge in [-0.05, 0) is 37.8 Å². The van der Waals surface area contributed by atoms with Gasteiger partial charge >= 0.3 is 5.97 Å². The van der Waals surface area contributed by atoms with Crippen LogP contribution in [0.3, 0.4) is 0 Å². The van der Waals surface area contributed by atoms with Crippen LogP contribution in [0, 0.1) is 11.2 Å². The van der Waals surface area contributed by atoms with Gasteiger partial charge in [0.25, 0.3) is 5.91 Å². The van der Waals surface area contributed by atoms with E-state index in [4.69, 9.17) is 4.74 Å². The second-order valence-electron chi connectivity index (χ2n) is 7.49. The number of carbonyl (C=O) groups is 2. The van der Waals surface area contributed by atoms with Gasteiger partial charge in [-0.15, -0.1) is 0 Å². The molecule has 1 amide bonds. The molecular formula is C20H22FN3O4. The van der Waals surface area contributed by atoms with Crippen LogP contribution < -0.4 is 0 Å². The molecular weight excluding hydrogens is 365 g/mol. The molecule has 2 heterocycles. The molecule has 0 radical (unpaired) electrons. The molecule has 1 N–H and O–H groups in total. The zero-order valence-electron chi connectivity index (χ0n) is 15.7. The highest BCUT2D eigenvalue weighted by Gasteiger charge is 2.47. The smallest absolute Gasteiger partial charge is 0.313 e. The lowest BCUT2D eigenvalue weighted by molar-refractivity contribution is -0.151. The molecule has 1 atom stereocenters. The third-order valence-electron chi connectivity index (χ3n) is 5.73. The Morgan fingerprint density at radius 3 is 2.82 bits per heavy atom. The van der Waals surface area contributed by atoms with Crippen LogP contribution in [0.2, 0.25) is 0 Å². The zero-order valence-corrected chi connectivity index (χ0v) is 15.7. The quantitative estimate of drug-likeness (QED) is 0.849. The first-order valence-electron chi connectivity index (χ1n) is 9.34.